The molecule has 1 fully saturated rings. The lowest BCUT2D eigenvalue weighted by atomic mass is 9.74. The number of hydrogen-bond donors (Lipinski definition) is 1. The van der Waals surface area contributed by atoms with Crippen LogP contribution in [0.5, 0.6) is 11.5 Å². The number of likely N-dealkylation sites (N-methyl/N-ethyl adjacent to an activating group) is 1. The molecule has 0 spiro atoms. The Morgan fingerprint density at radius 2 is 2.17 bits per heavy atom. The zero-order valence-electron chi connectivity index (χ0n) is 14.5. The number of phenolic OH excluding ortho intramolecular Hbond substituents is 1. The minimum atomic E-state index is -0.426. The molecule has 1 N–H and O–H groups in total. The maximum absolute atomic E-state index is 10.2. The molecular formula is C19H25NO4. The highest BCUT2D eigenvalue weighted by Crippen LogP contribution is 2.50. The second kappa shape index (κ2) is 6.06. The molecule has 24 heavy (non-hydrogen) atoms. The third kappa shape index (κ3) is 2.34. The average molecular weight is 331 g/mol. The van der Waals surface area contributed by atoms with Crippen LogP contribution in [0.25, 0.3) is 0 Å². The summed E-state index contributed by atoms with van der Waals surface area (Å²) in [4.78, 5) is 2.41. The van der Waals surface area contributed by atoms with E-state index in [4.69, 9.17) is 14.2 Å². The van der Waals surface area contributed by atoms with Crippen molar-refractivity contribution in [1.29, 1.82) is 0 Å². The Morgan fingerprint density at radius 1 is 1.33 bits per heavy atom. The van der Waals surface area contributed by atoms with Crippen molar-refractivity contribution >= 4 is 0 Å². The number of ether oxygens (including phenoxy) is 3. The van der Waals surface area contributed by atoms with Crippen molar-refractivity contribution in [1.82, 2.24) is 4.90 Å². The summed E-state index contributed by atoms with van der Waals surface area (Å²) in [5.41, 5.74) is 3.62. The van der Waals surface area contributed by atoms with Gasteiger partial charge in [-0.3, -0.25) is 4.90 Å². The SMILES string of the molecule is CCO[C@H]1O[C@@H]2CC=C3CCN(C)[C@H]3[C@@H]2c2cc(OC)c(O)cc21. The van der Waals surface area contributed by atoms with Crippen molar-refractivity contribution < 1.29 is 19.3 Å². The highest BCUT2D eigenvalue weighted by Gasteiger charge is 2.47. The molecule has 4 rings (SSSR count). The molecule has 0 saturated carbocycles. The Kier molecular flexibility index (Phi) is 4.03. The number of benzene rings is 1. The number of aromatic hydroxyl groups is 1. The Bertz CT molecular complexity index is 672. The van der Waals surface area contributed by atoms with E-state index in [-0.39, 0.29) is 17.8 Å². The first-order valence-electron chi connectivity index (χ1n) is 8.71. The van der Waals surface area contributed by atoms with Gasteiger partial charge in [0.1, 0.15) is 0 Å². The van der Waals surface area contributed by atoms with Gasteiger partial charge in [-0.25, -0.2) is 0 Å². The van der Waals surface area contributed by atoms with Gasteiger partial charge in [0.05, 0.1) is 13.2 Å². The van der Waals surface area contributed by atoms with Crippen LogP contribution in [-0.2, 0) is 9.47 Å². The predicted octanol–water partition coefficient (Wildman–Crippen LogP) is 2.95. The van der Waals surface area contributed by atoms with Crippen LogP contribution in [0.4, 0.5) is 0 Å². The van der Waals surface area contributed by atoms with Crippen LogP contribution in [0.15, 0.2) is 23.8 Å². The van der Waals surface area contributed by atoms with Gasteiger partial charge in [0.15, 0.2) is 17.8 Å². The Hall–Kier alpha value is -1.56. The van der Waals surface area contributed by atoms with Crippen molar-refractivity contribution in [3.8, 4) is 11.5 Å². The van der Waals surface area contributed by atoms with Crippen LogP contribution in [-0.4, -0.2) is 49.5 Å². The summed E-state index contributed by atoms with van der Waals surface area (Å²) in [5.74, 6) is 0.898. The van der Waals surface area contributed by atoms with Crippen molar-refractivity contribution in [3.63, 3.8) is 0 Å². The van der Waals surface area contributed by atoms with Gasteiger partial charge >= 0.3 is 0 Å². The zero-order chi connectivity index (χ0) is 16.8. The molecule has 0 aromatic heterocycles. The topological polar surface area (TPSA) is 51.2 Å². The van der Waals surface area contributed by atoms with Gasteiger partial charge in [0, 0.05) is 30.7 Å². The highest BCUT2D eigenvalue weighted by atomic mass is 16.7. The van der Waals surface area contributed by atoms with Crippen molar-refractivity contribution in [3.05, 3.63) is 34.9 Å². The molecule has 4 atom stereocenters. The lowest BCUT2D eigenvalue weighted by Crippen LogP contribution is -2.45. The van der Waals surface area contributed by atoms with E-state index in [0.717, 1.165) is 24.9 Å². The van der Waals surface area contributed by atoms with E-state index >= 15 is 0 Å². The van der Waals surface area contributed by atoms with Gasteiger partial charge in [-0.2, -0.15) is 0 Å². The summed E-state index contributed by atoms with van der Waals surface area (Å²) in [5, 5.41) is 10.2. The molecule has 1 saturated heterocycles. The largest absolute Gasteiger partial charge is 0.504 e. The minimum absolute atomic E-state index is 0.0950. The van der Waals surface area contributed by atoms with Gasteiger partial charge < -0.3 is 19.3 Å². The molecule has 0 unspecified atom stereocenters. The van der Waals surface area contributed by atoms with Crippen LogP contribution < -0.4 is 4.74 Å². The van der Waals surface area contributed by atoms with E-state index in [1.807, 2.05) is 13.0 Å². The van der Waals surface area contributed by atoms with Gasteiger partial charge in [0.2, 0.25) is 0 Å². The maximum Gasteiger partial charge on any atom is 0.184 e. The number of hydrogen-bond acceptors (Lipinski definition) is 5. The Balaban J connectivity index is 1.84. The molecule has 0 amide bonds. The lowest BCUT2D eigenvalue weighted by Gasteiger charge is -2.45. The number of phenols is 1. The first-order valence-corrected chi connectivity index (χ1v) is 8.71. The van der Waals surface area contributed by atoms with Crippen molar-refractivity contribution in [2.75, 3.05) is 27.3 Å². The summed E-state index contributed by atoms with van der Waals surface area (Å²) in [6.45, 7) is 3.61. The molecule has 0 bridgehead atoms. The average Bonchev–Trinajstić information content (AvgIpc) is 2.96. The van der Waals surface area contributed by atoms with Gasteiger partial charge in [0.25, 0.3) is 0 Å². The molecule has 130 valence electrons. The minimum Gasteiger partial charge on any atom is -0.504 e. The second-order valence-corrected chi connectivity index (χ2v) is 6.83. The fourth-order valence-electron chi connectivity index (χ4n) is 4.50. The standard InChI is InChI=1S/C19H25NO4/c1-4-23-19-13-9-14(21)16(22-3)10-12(13)17-15(24-19)6-5-11-7-8-20(2)18(11)17/h5,9-10,15,17-19,21H,4,6-8H2,1-3H3/t15-,17-,18-,19+/m1/s1. The summed E-state index contributed by atoms with van der Waals surface area (Å²) < 4.78 is 17.5. The van der Waals surface area contributed by atoms with Gasteiger partial charge in [-0.1, -0.05) is 11.6 Å². The summed E-state index contributed by atoms with van der Waals surface area (Å²) in [6.07, 6.45) is 4.06. The van der Waals surface area contributed by atoms with E-state index in [9.17, 15) is 5.11 Å². The third-order valence-corrected chi connectivity index (χ3v) is 5.57. The van der Waals surface area contributed by atoms with Crippen LogP contribution >= 0.6 is 0 Å². The maximum atomic E-state index is 10.2. The lowest BCUT2D eigenvalue weighted by molar-refractivity contribution is -0.191. The second-order valence-electron chi connectivity index (χ2n) is 6.83. The summed E-state index contributed by atoms with van der Waals surface area (Å²) in [7, 11) is 3.77. The molecule has 5 nitrogen and oxygen atoms in total. The van der Waals surface area contributed by atoms with E-state index in [1.54, 1.807) is 13.2 Å². The number of rotatable bonds is 3. The zero-order valence-corrected chi connectivity index (χ0v) is 14.5. The van der Waals surface area contributed by atoms with E-state index in [0.29, 0.717) is 18.4 Å². The monoisotopic (exact) mass is 331 g/mol. The fourth-order valence-corrected chi connectivity index (χ4v) is 4.50. The summed E-state index contributed by atoms with van der Waals surface area (Å²) in [6, 6.07) is 4.09. The van der Waals surface area contributed by atoms with Crippen LogP contribution in [0.1, 0.15) is 43.1 Å². The summed E-state index contributed by atoms with van der Waals surface area (Å²) >= 11 is 0. The van der Waals surface area contributed by atoms with Crippen molar-refractivity contribution in [2.45, 2.75) is 44.1 Å². The normalized spacial score (nSPS) is 31.9. The number of likely N-dealkylation sites (tertiary alicyclic amines) is 1. The van der Waals surface area contributed by atoms with Crippen LogP contribution in [0.3, 0.4) is 0 Å². The molecule has 3 aliphatic rings. The fraction of sp³-hybridized carbons (Fsp3) is 0.579. The first-order chi connectivity index (χ1) is 11.6. The Morgan fingerprint density at radius 3 is 2.92 bits per heavy atom. The van der Waals surface area contributed by atoms with Gasteiger partial charge in [-0.15, -0.1) is 0 Å². The quantitative estimate of drug-likeness (QED) is 0.863. The highest BCUT2D eigenvalue weighted by molar-refractivity contribution is 5.51. The van der Waals surface area contributed by atoms with Gasteiger partial charge in [-0.05, 0) is 44.5 Å². The molecular weight excluding hydrogens is 306 g/mol. The number of methoxy groups -OCH3 is 1. The van der Waals surface area contributed by atoms with E-state index < -0.39 is 6.29 Å². The first kappa shape index (κ1) is 15.9. The van der Waals surface area contributed by atoms with E-state index in [2.05, 4.69) is 18.0 Å². The molecule has 1 aromatic rings. The molecule has 0 radical (unpaired) electrons. The van der Waals surface area contributed by atoms with Crippen LogP contribution in [0.2, 0.25) is 0 Å². The molecule has 2 heterocycles. The predicted molar refractivity (Wildman–Crippen MR) is 90.4 cm³/mol. The third-order valence-electron chi connectivity index (χ3n) is 5.57. The molecule has 2 aliphatic heterocycles. The molecule has 1 aliphatic carbocycles. The van der Waals surface area contributed by atoms with Crippen LogP contribution in [0, 0.1) is 0 Å². The van der Waals surface area contributed by atoms with E-state index in [1.165, 1.54) is 11.1 Å². The smallest absolute Gasteiger partial charge is 0.184 e. The number of fused-ring (bicyclic) bond motifs is 5. The van der Waals surface area contributed by atoms with Crippen molar-refractivity contribution in [2.24, 2.45) is 0 Å². The Labute approximate surface area is 142 Å². The molecule has 1 aromatic carbocycles. The number of nitrogens with zero attached hydrogens (tertiary/aromatic N) is 1. The molecule has 5 heteroatoms.